The van der Waals surface area contributed by atoms with Gasteiger partial charge in [-0.25, -0.2) is 0 Å². The number of para-hydroxylation sites is 1. The van der Waals surface area contributed by atoms with Crippen LogP contribution >= 0.6 is 0 Å². The summed E-state index contributed by atoms with van der Waals surface area (Å²) >= 11 is 0. The van der Waals surface area contributed by atoms with Crippen molar-refractivity contribution >= 4 is 34.5 Å². The van der Waals surface area contributed by atoms with Crippen molar-refractivity contribution in [3.05, 3.63) is 60.1 Å². The number of likely N-dealkylation sites (tertiary alicyclic amines) is 2. The summed E-state index contributed by atoms with van der Waals surface area (Å²) in [5, 5.41) is 3.51. The fraction of sp³-hybridized carbons (Fsp3) is 0.370. The number of ketones is 1. The lowest BCUT2D eigenvalue weighted by molar-refractivity contribution is -0.138. The van der Waals surface area contributed by atoms with Crippen molar-refractivity contribution in [2.24, 2.45) is 0 Å². The topological polar surface area (TPSA) is 122 Å². The number of hydrogen-bond donors (Lipinski definition) is 1. The molecule has 10 heteroatoms. The maximum atomic E-state index is 13.6. The number of hydrogen-bond acceptors (Lipinski definition) is 7. The van der Waals surface area contributed by atoms with Gasteiger partial charge in [-0.15, -0.1) is 0 Å². The van der Waals surface area contributed by atoms with Crippen LogP contribution in [0.4, 0.5) is 0 Å². The molecular formula is C27H28N4O6. The van der Waals surface area contributed by atoms with E-state index in [1.165, 1.54) is 23.1 Å². The van der Waals surface area contributed by atoms with Gasteiger partial charge in [-0.1, -0.05) is 31.5 Å². The van der Waals surface area contributed by atoms with Crippen LogP contribution in [0.25, 0.3) is 11.0 Å². The van der Waals surface area contributed by atoms with E-state index < -0.39 is 24.0 Å². The lowest BCUT2D eigenvalue weighted by Gasteiger charge is -2.28. The molecule has 192 valence electrons. The first kappa shape index (κ1) is 24.5. The van der Waals surface area contributed by atoms with Crippen LogP contribution in [0.15, 0.2) is 53.1 Å². The monoisotopic (exact) mass is 504 g/mol. The first-order chi connectivity index (χ1) is 17.9. The predicted octanol–water partition coefficient (Wildman–Crippen LogP) is 2.43. The molecule has 3 unspecified atom stereocenters. The molecular weight excluding hydrogens is 476 g/mol. The standard InChI is InChI=1S/C27H28N4O6/c1-3-7-18(29-25(33)22-14-16-8-6-10-21(36-2)24(16)37-22)27(35)30-13-11-19-23(30)20(32)15-31(19)26(34)17-9-4-5-12-28-17/h4-6,8-10,12,14,18-19,23H,3,7,11,13,15H2,1-2H3,(H,29,33). The molecule has 4 heterocycles. The number of carbonyl (C=O) groups is 4. The Labute approximate surface area is 213 Å². The minimum atomic E-state index is -0.834. The van der Waals surface area contributed by atoms with Crippen molar-refractivity contribution < 1.29 is 28.3 Å². The molecule has 0 spiro atoms. The number of Topliss-reactive ketones (excluding diaryl/α,β-unsaturated/α-hetero) is 1. The van der Waals surface area contributed by atoms with Gasteiger partial charge in [0.2, 0.25) is 5.91 Å². The molecule has 3 amide bonds. The molecule has 0 saturated carbocycles. The largest absolute Gasteiger partial charge is 0.493 e. The van der Waals surface area contributed by atoms with E-state index in [0.717, 1.165) is 0 Å². The molecule has 2 aromatic heterocycles. The van der Waals surface area contributed by atoms with Crippen LogP contribution in [0.1, 0.15) is 47.2 Å². The summed E-state index contributed by atoms with van der Waals surface area (Å²) in [7, 11) is 1.52. The summed E-state index contributed by atoms with van der Waals surface area (Å²) in [5.74, 6) is -0.801. The molecule has 5 rings (SSSR count). The Bertz CT molecular complexity index is 1350. The minimum absolute atomic E-state index is 0.0665. The van der Waals surface area contributed by atoms with Crippen molar-refractivity contribution in [2.45, 2.75) is 44.3 Å². The quantitative estimate of drug-likeness (QED) is 0.524. The predicted molar refractivity (Wildman–Crippen MR) is 133 cm³/mol. The van der Waals surface area contributed by atoms with Crippen LogP contribution in [0, 0.1) is 0 Å². The van der Waals surface area contributed by atoms with Gasteiger partial charge in [0.1, 0.15) is 17.8 Å². The Morgan fingerprint density at radius 2 is 2.03 bits per heavy atom. The number of furan rings is 1. The molecule has 0 aliphatic carbocycles. The van der Waals surface area contributed by atoms with Gasteiger partial charge < -0.3 is 24.3 Å². The number of ether oxygens (including phenoxy) is 1. The summed E-state index contributed by atoms with van der Waals surface area (Å²) < 4.78 is 11.0. The van der Waals surface area contributed by atoms with Crippen LogP contribution in [0.2, 0.25) is 0 Å². The second-order valence-electron chi connectivity index (χ2n) is 9.25. The smallest absolute Gasteiger partial charge is 0.287 e. The van der Waals surface area contributed by atoms with E-state index in [1.807, 2.05) is 6.92 Å². The number of fused-ring (bicyclic) bond motifs is 2. The molecule has 3 atom stereocenters. The van der Waals surface area contributed by atoms with Crippen molar-refractivity contribution in [2.75, 3.05) is 20.2 Å². The van der Waals surface area contributed by atoms with Gasteiger partial charge in [-0.3, -0.25) is 24.2 Å². The number of amides is 3. The van der Waals surface area contributed by atoms with E-state index in [2.05, 4.69) is 10.3 Å². The highest BCUT2D eigenvalue weighted by molar-refractivity contribution is 6.03. The van der Waals surface area contributed by atoms with Gasteiger partial charge in [-0.2, -0.15) is 0 Å². The summed E-state index contributed by atoms with van der Waals surface area (Å²) in [6.07, 6.45) is 3.05. The van der Waals surface area contributed by atoms with Crippen LogP contribution < -0.4 is 10.1 Å². The Hall–Kier alpha value is -4.21. The zero-order valence-corrected chi connectivity index (χ0v) is 20.7. The molecule has 1 N–H and O–H groups in total. The van der Waals surface area contributed by atoms with Crippen LogP contribution in [0.5, 0.6) is 5.75 Å². The maximum Gasteiger partial charge on any atom is 0.287 e. The number of benzene rings is 1. The van der Waals surface area contributed by atoms with Crippen molar-refractivity contribution in [1.29, 1.82) is 0 Å². The number of nitrogens with zero attached hydrogens (tertiary/aromatic N) is 3. The molecule has 0 radical (unpaired) electrons. The fourth-order valence-corrected chi connectivity index (χ4v) is 5.26. The highest BCUT2D eigenvalue weighted by atomic mass is 16.5. The second kappa shape index (κ2) is 10.0. The van der Waals surface area contributed by atoms with Gasteiger partial charge in [0.05, 0.1) is 19.7 Å². The number of pyridine rings is 1. The molecule has 2 aliphatic rings. The third kappa shape index (κ3) is 4.43. The van der Waals surface area contributed by atoms with E-state index in [0.29, 0.717) is 42.5 Å². The Morgan fingerprint density at radius 1 is 1.19 bits per heavy atom. The SMILES string of the molecule is CCCC(NC(=O)c1cc2cccc(OC)c2o1)C(=O)N1CCC2C1C(=O)CN2C(=O)c1ccccn1. The Kier molecular flexibility index (Phi) is 6.64. The van der Waals surface area contributed by atoms with Crippen molar-refractivity contribution in [3.63, 3.8) is 0 Å². The molecule has 2 aliphatic heterocycles. The zero-order chi connectivity index (χ0) is 26.1. The summed E-state index contributed by atoms with van der Waals surface area (Å²) in [6, 6.07) is 10.0. The van der Waals surface area contributed by atoms with E-state index in [4.69, 9.17) is 9.15 Å². The lowest BCUT2D eigenvalue weighted by atomic mass is 10.1. The first-order valence-corrected chi connectivity index (χ1v) is 12.4. The average molecular weight is 505 g/mol. The van der Waals surface area contributed by atoms with E-state index in [1.54, 1.807) is 42.5 Å². The fourth-order valence-electron chi connectivity index (χ4n) is 5.26. The van der Waals surface area contributed by atoms with Gasteiger partial charge in [0.15, 0.2) is 22.9 Å². The third-order valence-corrected chi connectivity index (χ3v) is 6.98. The lowest BCUT2D eigenvalue weighted by Crippen LogP contribution is -2.52. The van der Waals surface area contributed by atoms with Gasteiger partial charge in [0, 0.05) is 18.1 Å². The Morgan fingerprint density at radius 3 is 2.76 bits per heavy atom. The second-order valence-corrected chi connectivity index (χ2v) is 9.25. The number of aromatic nitrogens is 1. The number of carbonyl (C=O) groups excluding carboxylic acids is 4. The van der Waals surface area contributed by atoms with Gasteiger partial charge >= 0.3 is 0 Å². The van der Waals surface area contributed by atoms with Crippen LogP contribution in [-0.2, 0) is 9.59 Å². The number of nitrogens with one attached hydrogen (secondary N) is 1. The number of methoxy groups -OCH3 is 1. The molecule has 2 saturated heterocycles. The van der Waals surface area contributed by atoms with Crippen molar-refractivity contribution in [3.8, 4) is 5.75 Å². The van der Waals surface area contributed by atoms with E-state index in [9.17, 15) is 19.2 Å². The molecule has 10 nitrogen and oxygen atoms in total. The molecule has 2 fully saturated rings. The molecule has 1 aromatic carbocycles. The minimum Gasteiger partial charge on any atom is -0.493 e. The van der Waals surface area contributed by atoms with E-state index >= 15 is 0 Å². The normalized spacial score (nSPS) is 19.7. The van der Waals surface area contributed by atoms with Gasteiger partial charge in [0.25, 0.3) is 11.8 Å². The van der Waals surface area contributed by atoms with Crippen molar-refractivity contribution in [1.82, 2.24) is 20.1 Å². The van der Waals surface area contributed by atoms with E-state index in [-0.39, 0.29) is 35.6 Å². The summed E-state index contributed by atoms with van der Waals surface area (Å²) in [5.41, 5.74) is 0.712. The maximum absolute atomic E-state index is 13.6. The highest BCUT2D eigenvalue weighted by Crippen LogP contribution is 2.32. The summed E-state index contributed by atoms with van der Waals surface area (Å²) in [6.45, 7) is 2.17. The summed E-state index contributed by atoms with van der Waals surface area (Å²) in [4.78, 5) is 59.8. The molecule has 0 bridgehead atoms. The number of rotatable bonds is 7. The van der Waals surface area contributed by atoms with Crippen LogP contribution in [-0.4, -0.2) is 76.6 Å². The van der Waals surface area contributed by atoms with Crippen LogP contribution in [0.3, 0.4) is 0 Å². The third-order valence-electron chi connectivity index (χ3n) is 6.98. The zero-order valence-electron chi connectivity index (χ0n) is 20.7. The first-order valence-electron chi connectivity index (χ1n) is 12.4. The Balaban J connectivity index is 1.32. The van der Waals surface area contributed by atoms with Gasteiger partial charge in [-0.05, 0) is 37.1 Å². The molecule has 37 heavy (non-hydrogen) atoms. The highest BCUT2D eigenvalue weighted by Gasteiger charge is 2.52. The average Bonchev–Trinajstić information content (AvgIpc) is 3.63. The molecule has 3 aromatic rings.